The summed E-state index contributed by atoms with van der Waals surface area (Å²) in [6.07, 6.45) is 0. The quantitative estimate of drug-likeness (QED) is 0.326. The third-order valence-electron chi connectivity index (χ3n) is 5.52. The molecule has 1 aliphatic rings. The molecule has 1 fully saturated rings. The normalized spacial score (nSPS) is 13.6. The molecule has 0 bridgehead atoms. The Hall–Kier alpha value is -2.31. The SMILES string of the molecule is CCOc1cc(CNc2ccc(N3CCOCC3)cc2)c(Cl)cc1OCc1ccc(Cl)c(Cl)c1. The van der Waals surface area contributed by atoms with Crippen LogP contribution in [0.1, 0.15) is 18.1 Å². The Kier molecular flexibility index (Phi) is 8.68. The molecule has 180 valence electrons. The van der Waals surface area contributed by atoms with Gasteiger partial charge in [0.05, 0.1) is 29.9 Å². The Balaban J connectivity index is 1.41. The maximum absolute atomic E-state index is 6.59. The maximum atomic E-state index is 6.59. The molecule has 3 aromatic rings. The molecule has 8 heteroatoms. The van der Waals surface area contributed by atoms with Gasteiger partial charge in [-0.25, -0.2) is 0 Å². The van der Waals surface area contributed by atoms with Crippen LogP contribution >= 0.6 is 34.8 Å². The van der Waals surface area contributed by atoms with Crippen molar-refractivity contribution in [3.63, 3.8) is 0 Å². The van der Waals surface area contributed by atoms with Crippen molar-refractivity contribution in [3.8, 4) is 11.5 Å². The number of halogens is 3. The van der Waals surface area contributed by atoms with Crippen molar-refractivity contribution in [1.29, 1.82) is 0 Å². The van der Waals surface area contributed by atoms with Crippen LogP contribution in [-0.2, 0) is 17.9 Å². The van der Waals surface area contributed by atoms with E-state index in [2.05, 4.69) is 34.5 Å². The highest BCUT2D eigenvalue weighted by Gasteiger charge is 2.13. The van der Waals surface area contributed by atoms with Gasteiger partial charge in [-0.15, -0.1) is 0 Å². The van der Waals surface area contributed by atoms with Gasteiger partial charge in [-0.2, -0.15) is 0 Å². The number of nitrogens with zero attached hydrogens (tertiary/aromatic N) is 1. The molecule has 4 rings (SSSR count). The molecule has 34 heavy (non-hydrogen) atoms. The number of ether oxygens (including phenoxy) is 3. The fraction of sp³-hybridized carbons (Fsp3) is 0.308. The van der Waals surface area contributed by atoms with E-state index in [1.54, 1.807) is 18.2 Å². The monoisotopic (exact) mass is 520 g/mol. The average Bonchev–Trinajstić information content (AvgIpc) is 2.86. The summed E-state index contributed by atoms with van der Waals surface area (Å²) in [4.78, 5) is 2.33. The molecule has 0 unspecified atom stereocenters. The molecule has 1 saturated heterocycles. The van der Waals surface area contributed by atoms with Gasteiger partial charge in [0.2, 0.25) is 0 Å². The van der Waals surface area contributed by atoms with Gasteiger partial charge in [0, 0.05) is 42.1 Å². The van der Waals surface area contributed by atoms with Crippen molar-refractivity contribution in [2.75, 3.05) is 43.1 Å². The predicted molar refractivity (Wildman–Crippen MR) is 140 cm³/mol. The molecule has 0 atom stereocenters. The van der Waals surface area contributed by atoms with Gasteiger partial charge in [-0.05, 0) is 60.5 Å². The Morgan fingerprint density at radius 2 is 1.59 bits per heavy atom. The molecule has 1 heterocycles. The van der Waals surface area contributed by atoms with Gasteiger partial charge in [0.25, 0.3) is 0 Å². The topological polar surface area (TPSA) is 43.0 Å². The highest BCUT2D eigenvalue weighted by Crippen LogP contribution is 2.35. The summed E-state index contributed by atoms with van der Waals surface area (Å²) in [5, 5.41) is 5.04. The summed E-state index contributed by atoms with van der Waals surface area (Å²) in [5.74, 6) is 1.22. The third-order valence-corrected chi connectivity index (χ3v) is 6.61. The van der Waals surface area contributed by atoms with Crippen LogP contribution in [0.15, 0.2) is 54.6 Å². The molecular formula is C26H27Cl3N2O3. The summed E-state index contributed by atoms with van der Waals surface area (Å²) in [6, 6.07) is 17.5. The number of nitrogens with one attached hydrogen (secondary N) is 1. The highest BCUT2D eigenvalue weighted by molar-refractivity contribution is 6.42. The Morgan fingerprint density at radius 1 is 0.853 bits per heavy atom. The van der Waals surface area contributed by atoms with Crippen LogP contribution in [0.5, 0.6) is 11.5 Å². The lowest BCUT2D eigenvalue weighted by Crippen LogP contribution is -2.36. The first-order chi connectivity index (χ1) is 16.5. The summed E-state index contributed by atoms with van der Waals surface area (Å²) in [6.45, 7) is 6.71. The number of hydrogen-bond donors (Lipinski definition) is 1. The van der Waals surface area contributed by atoms with E-state index in [0.717, 1.165) is 43.1 Å². The molecule has 1 N–H and O–H groups in total. The molecular weight excluding hydrogens is 495 g/mol. The summed E-state index contributed by atoms with van der Waals surface area (Å²) in [7, 11) is 0. The Bertz CT molecular complexity index is 1100. The fourth-order valence-corrected chi connectivity index (χ4v) is 4.23. The minimum atomic E-state index is 0.320. The average molecular weight is 522 g/mol. The molecule has 3 aromatic carbocycles. The van der Waals surface area contributed by atoms with Gasteiger partial charge in [-0.1, -0.05) is 40.9 Å². The first-order valence-corrected chi connectivity index (χ1v) is 12.4. The third kappa shape index (κ3) is 6.42. The minimum absolute atomic E-state index is 0.320. The largest absolute Gasteiger partial charge is 0.490 e. The number of benzene rings is 3. The van der Waals surface area contributed by atoms with Crippen molar-refractivity contribution < 1.29 is 14.2 Å². The van der Waals surface area contributed by atoms with Gasteiger partial charge in [0.15, 0.2) is 11.5 Å². The van der Waals surface area contributed by atoms with Crippen LogP contribution in [0.2, 0.25) is 15.1 Å². The van der Waals surface area contributed by atoms with E-state index in [1.807, 2.05) is 19.1 Å². The smallest absolute Gasteiger partial charge is 0.163 e. The lowest BCUT2D eigenvalue weighted by Gasteiger charge is -2.29. The fourth-order valence-electron chi connectivity index (χ4n) is 3.69. The molecule has 5 nitrogen and oxygen atoms in total. The maximum Gasteiger partial charge on any atom is 0.163 e. The summed E-state index contributed by atoms with van der Waals surface area (Å²) >= 11 is 18.7. The van der Waals surface area contributed by atoms with E-state index in [1.165, 1.54) is 5.69 Å². The van der Waals surface area contributed by atoms with E-state index < -0.39 is 0 Å². The van der Waals surface area contributed by atoms with Crippen molar-refractivity contribution in [2.45, 2.75) is 20.1 Å². The molecule has 0 aromatic heterocycles. The highest BCUT2D eigenvalue weighted by atomic mass is 35.5. The first-order valence-electron chi connectivity index (χ1n) is 11.2. The van der Waals surface area contributed by atoms with Gasteiger partial charge >= 0.3 is 0 Å². The number of morpholine rings is 1. The van der Waals surface area contributed by atoms with Crippen LogP contribution in [0.4, 0.5) is 11.4 Å². The van der Waals surface area contributed by atoms with Crippen molar-refractivity contribution >= 4 is 46.2 Å². The second-order valence-electron chi connectivity index (χ2n) is 7.86. The van der Waals surface area contributed by atoms with Gasteiger partial charge in [0.1, 0.15) is 6.61 Å². The van der Waals surface area contributed by atoms with Crippen molar-refractivity contribution in [3.05, 3.63) is 80.8 Å². The van der Waals surface area contributed by atoms with Crippen LogP contribution in [0.25, 0.3) is 0 Å². The summed E-state index contributed by atoms with van der Waals surface area (Å²) < 4.78 is 17.2. The minimum Gasteiger partial charge on any atom is -0.490 e. The summed E-state index contributed by atoms with van der Waals surface area (Å²) in [5.41, 5.74) is 4.04. The lowest BCUT2D eigenvalue weighted by molar-refractivity contribution is 0.122. The molecule has 0 amide bonds. The molecule has 1 aliphatic heterocycles. The first kappa shape index (κ1) is 24.8. The number of anilines is 2. The van der Waals surface area contributed by atoms with E-state index >= 15 is 0 Å². The zero-order chi connectivity index (χ0) is 23.9. The van der Waals surface area contributed by atoms with E-state index in [4.69, 9.17) is 49.0 Å². The van der Waals surface area contributed by atoms with Gasteiger partial charge in [-0.3, -0.25) is 0 Å². The molecule has 0 saturated carbocycles. The van der Waals surface area contributed by atoms with Crippen molar-refractivity contribution in [1.82, 2.24) is 0 Å². The van der Waals surface area contributed by atoms with E-state index in [0.29, 0.717) is 46.3 Å². The van der Waals surface area contributed by atoms with E-state index in [-0.39, 0.29) is 0 Å². The number of hydrogen-bond acceptors (Lipinski definition) is 5. The van der Waals surface area contributed by atoms with E-state index in [9.17, 15) is 0 Å². The predicted octanol–water partition coefficient (Wildman–Crippen LogP) is 7.07. The molecule has 0 radical (unpaired) electrons. The second-order valence-corrected chi connectivity index (χ2v) is 9.08. The van der Waals surface area contributed by atoms with Crippen molar-refractivity contribution in [2.24, 2.45) is 0 Å². The lowest BCUT2D eigenvalue weighted by atomic mass is 10.1. The van der Waals surface area contributed by atoms with Crippen LogP contribution in [-0.4, -0.2) is 32.9 Å². The van der Waals surface area contributed by atoms with Crippen LogP contribution < -0.4 is 19.7 Å². The zero-order valence-electron chi connectivity index (χ0n) is 19.0. The second kappa shape index (κ2) is 11.9. The Labute approximate surface area is 215 Å². The Morgan fingerprint density at radius 3 is 2.29 bits per heavy atom. The zero-order valence-corrected chi connectivity index (χ0v) is 21.2. The van der Waals surface area contributed by atoms with Crippen LogP contribution in [0.3, 0.4) is 0 Å². The standard InChI is InChI=1S/C26H27Cl3N2O3/c1-2-33-25-14-19(16-30-20-4-6-21(7-5-20)31-9-11-32-12-10-31)23(28)15-26(25)34-17-18-3-8-22(27)24(29)13-18/h3-8,13-15,30H,2,9-12,16-17H2,1H3. The number of rotatable bonds is 9. The van der Waals surface area contributed by atoms with Crippen LogP contribution in [0, 0.1) is 0 Å². The molecule has 0 spiro atoms. The molecule has 0 aliphatic carbocycles. The van der Waals surface area contributed by atoms with Gasteiger partial charge < -0.3 is 24.4 Å².